The summed E-state index contributed by atoms with van der Waals surface area (Å²) in [6.07, 6.45) is 6.28. The van der Waals surface area contributed by atoms with Crippen LogP contribution in [0.1, 0.15) is 32.1 Å². The number of ether oxygens (including phenoxy) is 1. The van der Waals surface area contributed by atoms with E-state index in [9.17, 15) is 4.39 Å². The first-order chi connectivity index (χ1) is 8.24. The van der Waals surface area contributed by atoms with Gasteiger partial charge in [-0.05, 0) is 25.0 Å². The fourth-order valence-corrected chi connectivity index (χ4v) is 3.13. The molecule has 1 aromatic rings. The Morgan fingerprint density at radius 3 is 2.65 bits per heavy atom. The third kappa shape index (κ3) is 3.44. The van der Waals surface area contributed by atoms with Gasteiger partial charge in [0.25, 0.3) is 0 Å². The molecule has 1 aromatic carbocycles. The zero-order valence-electron chi connectivity index (χ0n) is 9.92. The molecule has 0 N–H and O–H groups in total. The Hall–Kier alpha value is -0.570. The molecule has 1 nitrogen and oxygen atoms in total. The molecule has 0 atom stereocenters. The van der Waals surface area contributed by atoms with Crippen molar-refractivity contribution in [3.05, 3.63) is 30.1 Å². The predicted molar refractivity (Wildman–Crippen MR) is 71.2 cm³/mol. The second-order valence-electron chi connectivity index (χ2n) is 4.94. The van der Waals surface area contributed by atoms with E-state index in [2.05, 4.69) is 15.9 Å². The summed E-state index contributed by atoms with van der Waals surface area (Å²) in [5.74, 6) is 0.398. The molecule has 0 radical (unpaired) electrons. The molecule has 2 rings (SSSR count). The highest BCUT2D eigenvalue weighted by molar-refractivity contribution is 9.09. The average molecular weight is 301 g/mol. The first-order valence-corrected chi connectivity index (χ1v) is 7.31. The first kappa shape index (κ1) is 12.9. The van der Waals surface area contributed by atoms with Crippen LogP contribution in [-0.4, -0.2) is 11.9 Å². The maximum atomic E-state index is 13.0. The molecule has 0 heterocycles. The lowest BCUT2D eigenvalue weighted by atomic mass is 9.76. The molecule has 0 unspecified atom stereocenters. The van der Waals surface area contributed by atoms with Gasteiger partial charge in [-0.2, -0.15) is 0 Å². The van der Waals surface area contributed by atoms with Crippen LogP contribution in [0.3, 0.4) is 0 Å². The van der Waals surface area contributed by atoms with Crippen LogP contribution in [0.25, 0.3) is 0 Å². The molecule has 94 valence electrons. The Labute approximate surface area is 110 Å². The molecule has 3 heteroatoms. The number of halogens is 2. The number of rotatable bonds is 4. The van der Waals surface area contributed by atoms with Crippen molar-refractivity contribution in [2.75, 3.05) is 11.9 Å². The number of alkyl halides is 1. The van der Waals surface area contributed by atoms with Crippen LogP contribution in [0, 0.1) is 11.2 Å². The van der Waals surface area contributed by atoms with Gasteiger partial charge in [-0.1, -0.05) is 41.3 Å². The van der Waals surface area contributed by atoms with Crippen molar-refractivity contribution in [3.8, 4) is 5.75 Å². The minimum absolute atomic E-state index is 0.237. The van der Waals surface area contributed by atoms with E-state index in [1.807, 2.05) is 6.07 Å². The molecule has 0 aliphatic heterocycles. The topological polar surface area (TPSA) is 9.23 Å². The molecule has 0 bridgehead atoms. The maximum Gasteiger partial charge on any atom is 0.126 e. The van der Waals surface area contributed by atoms with E-state index in [1.165, 1.54) is 44.2 Å². The molecule has 0 spiro atoms. The first-order valence-electron chi connectivity index (χ1n) is 6.18. The SMILES string of the molecule is Fc1cccc(OCC2(CBr)CCCCC2)c1. The van der Waals surface area contributed by atoms with Crippen LogP contribution in [0.4, 0.5) is 4.39 Å². The van der Waals surface area contributed by atoms with E-state index in [-0.39, 0.29) is 11.2 Å². The molecule has 0 aromatic heterocycles. The van der Waals surface area contributed by atoms with Gasteiger partial charge in [0.15, 0.2) is 0 Å². The summed E-state index contributed by atoms with van der Waals surface area (Å²) in [5, 5.41) is 0.968. The lowest BCUT2D eigenvalue weighted by Gasteiger charge is -2.35. The molecule has 1 fully saturated rings. The molecule has 0 amide bonds. The van der Waals surface area contributed by atoms with Gasteiger partial charge in [0, 0.05) is 16.8 Å². The average Bonchev–Trinajstić information content (AvgIpc) is 2.38. The van der Waals surface area contributed by atoms with Gasteiger partial charge in [0.2, 0.25) is 0 Å². The third-order valence-corrected chi connectivity index (χ3v) is 4.73. The van der Waals surface area contributed by atoms with E-state index in [0.29, 0.717) is 12.4 Å². The van der Waals surface area contributed by atoms with Gasteiger partial charge in [-0.3, -0.25) is 0 Å². The molecular weight excluding hydrogens is 283 g/mol. The Balaban J connectivity index is 1.95. The largest absolute Gasteiger partial charge is 0.493 e. The molecule has 1 aliphatic carbocycles. The molecule has 1 saturated carbocycles. The van der Waals surface area contributed by atoms with Gasteiger partial charge >= 0.3 is 0 Å². The lowest BCUT2D eigenvalue weighted by molar-refractivity contribution is 0.121. The van der Waals surface area contributed by atoms with Gasteiger partial charge in [0.05, 0.1) is 6.61 Å². The highest BCUT2D eigenvalue weighted by Crippen LogP contribution is 2.38. The number of hydrogen-bond donors (Lipinski definition) is 0. The molecule has 1 aliphatic rings. The number of hydrogen-bond acceptors (Lipinski definition) is 1. The van der Waals surface area contributed by atoms with Crippen LogP contribution in [-0.2, 0) is 0 Å². The highest BCUT2D eigenvalue weighted by atomic mass is 79.9. The summed E-state index contributed by atoms with van der Waals surface area (Å²) in [5.41, 5.74) is 0.241. The zero-order valence-corrected chi connectivity index (χ0v) is 11.5. The second kappa shape index (κ2) is 5.85. The van der Waals surface area contributed by atoms with Crippen LogP contribution >= 0.6 is 15.9 Å². The minimum atomic E-state index is -0.237. The Morgan fingerprint density at radius 2 is 2.00 bits per heavy atom. The monoisotopic (exact) mass is 300 g/mol. The van der Waals surface area contributed by atoms with Gasteiger partial charge in [0.1, 0.15) is 11.6 Å². The van der Waals surface area contributed by atoms with Gasteiger partial charge in [-0.25, -0.2) is 4.39 Å². The lowest BCUT2D eigenvalue weighted by Crippen LogP contribution is -2.32. The van der Waals surface area contributed by atoms with Crippen LogP contribution in [0.2, 0.25) is 0 Å². The normalized spacial score (nSPS) is 18.9. The van der Waals surface area contributed by atoms with Crippen molar-refractivity contribution in [1.82, 2.24) is 0 Å². The predicted octanol–water partition coefficient (Wildman–Crippen LogP) is 4.55. The van der Waals surface area contributed by atoms with Crippen molar-refractivity contribution in [3.63, 3.8) is 0 Å². The van der Waals surface area contributed by atoms with E-state index >= 15 is 0 Å². The fourth-order valence-electron chi connectivity index (χ4n) is 2.41. The second-order valence-corrected chi connectivity index (χ2v) is 5.50. The Morgan fingerprint density at radius 1 is 1.24 bits per heavy atom. The maximum absolute atomic E-state index is 13.0. The standard InChI is InChI=1S/C14H18BrFO/c15-10-14(7-2-1-3-8-14)11-17-13-6-4-5-12(16)9-13/h4-6,9H,1-3,7-8,10-11H2. The van der Waals surface area contributed by atoms with Crippen molar-refractivity contribution >= 4 is 15.9 Å². The highest BCUT2D eigenvalue weighted by Gasteiger charge is 2.31. The van der Waals surface area contributed by atoms with Crippen molar-refractivity contribution < 1.29 is 9.13 Å². The minimum Gasteiger partial charge on any atom is -0.493 e. The van der Waals surface area contributed by atoms with E-state index in [0.717, 1.165) is 5.33 Å². The van der Waals surface area contributed by atoms with E-state index < -0.39 is 0 Å². The zero-order chi connectivity index (χ0) is 12.1. The Bertz CT molecular complexity index is 361. The van der Waals surface area contributed by atoms with Crippen molar-refractivity contribution in [1.29, 1.82) is 0 Å². The van der Waals surface area contributed by atoms with Crippen LogP contribution in [0.15, 0.2) is 24.3 Å². The quantitative estimate of drug-likeness (QED) is 0.741. The summed E-state index contributed by atoms with van der Waals surface area (Å²) < 4.78 is 18.8. The van der Waals surface area contributed by atoms with Crippen LogP contribution < -0.4 is 4.74 Å². The summed E-state index contributed by atoms with van der Waals surface area (Å²) in [4.78, 5) is 0. The van der Waals surface area contributed by atoms with E-state index in [1.54, 1.807) is 6.07 Å². The summed E-state index contributed by atoms with van der Waals surface area (Å²) in [6.45, 7) is 0.682. The van der Waals surface area contributed by atoms with E-state index in [4.69, 9.17) is 4.74 Å². The smallest absolute Gasteiger partial charge is 0.126 e. The van der Waals surface area contributed by atoms with Crippen molar-refractivity contribution in [2.45, 2.75) is 32.1 Å². The summed E-state index contributed by atoms with van der Waals surface area (Å²) in [7, 11) is 0. The fraction of sp³-hybridized carbons (Fsp3) is 0.571. The van der Waals surface area contributed by atoms with Gasteiger partial charge < -0.3 is 4.74 Å². The number of benzene rings is 1. The van der Waals surface area contributed by atoms with Crippen LogP contribution in [0.5, 0.6) is 5.75 Å². The van der Waals surface area contributed by atoms with Crippen molar-refractivity contribution in [2.24, 2.45) is 5.41 Å². The van der Waals surface area contributed by atoms with Gasteiger partial charge in [-0.15, -0.1) is 0 Å². The third-order valence-electron chi connectivity index (χ3n) is 3.54. The molecular formula is C14H18BrFO. The summed E-state index contributed by atoms with van der Waals surface area (Å²) in [6, 6.07) is 6.39. The summed E-state index contributed by atoms with van der Waals surface area (Å²) >= 11 is 3.60. The Kier molecular flexibility index (Phi) is 4.43. The molecule has 0 saturated heterocycles. The molecule has 17 heavy (non-hydrogen) atoms.